The lowest BCUT2D eigenvalue weighted by molar-refractivity contribution is 0.520. The second-order valence-electron chi connectivity index (χ2n) is 4.85. The largest absolute Gasteiger partial charge is 0.472 e. The molecular weight excluding hydrogens is 258 g/mol. The topological polar surface area (TPSA) is 25.2 Å². The number of halogens is 1. The third-order valence-corrected chi connectivity index (χ3v) is 3.67. The molecule has 19 heavy (non-hydrogen) atoms. The van der Waals surface area contributed by atoms with Gasteiger partial charge in [-0.2, -0.15) is 0 Å². The molecule has 2 aromatic rings. The molecule has 0 radical (unpaired) electrons. The minimum atomic E-state index is 0.274. The fourth-order valence-corrected chi connectivity index (χ4v) is 2.29. The molecule has 0 fully saturated rings. The molecule has 0 bridgehead atoms. The van der Waals surface area contributed by atoms with Crippen LogP contribution >= 0.6 is 11.6 Å². The SMILES string of the molecule is CCCNC(Cc1ccoc1)c1ccc(C)c(Cl)c1. The van der Waals surface area contributed by atoms with Gasteiger partial charge in [-0.25, -0.2) is 0 Å². The molecule has 0 saturated carbocycles. The highest BCUT2D eigenvalue weighted by Gasteiger charge is 2.13. The van der Waals surface area contributed by atoms with E-state index in [0.717, 1.165) is 30.0 Å². The lowest BCUT2D eigenvalue weighted by atomic mass is 9.99. The van der Waals surface area contributed by atoms with E-state index in [-0.39, 0.29) is 6.04 Å². The molecule has 3 heteroatoms. The van der Waals surface area contributed by atoms with Crippen molar-refractivity contribution in [2.45, 2.75) is 32.7 Å². The van der Waals surface area contributed by atoms with Gasteiger partial charge in [0.2, 0.25) is 0 Å². The fraction of sp³-hybridized carbons (Fsp3) is 0.375. The van der Waals surface area contributed by atoms with E-state index in [1.807, 2.05) is 13.0 Å². The summed E-state index contributed by atoms with van der Waals surface area (Å²) in [5.41, 5.74) is 3.54. The highest BCUT2D eigenvalue weighted by molar-refractivity contribution is 6.31. The Bertz CT molecular complexity index is 507. The predicted octanol–water partition coefficient (Wildman–Crippen LogP) is 4.52. The van der Waals surface area contributed by atoms with E-state index in [1.165, 1.54) is 11.1 Å². The van der Waals surface area contributed by atoms with Crippen molar-refractivity contribution < 1.29 is 4.42 Å². The number of aryl methyl sites for hydroxylation is 1. The summed E-state index contributed by atoms with van der Waals surface area (Å²) in [7, 11) is 0. The Labute approximate surface area is 119 Å². The Morgan fingerprint density at radius 3 is 2.79 bits per heavy atom. The van der Waals surface area contributed by atoms with Crippen LogP contribution < -0.4 is 5.32 Å². The summed E-state index contributed by atoms with van der Waals surface area (Å²) < 4.78 is 5.14. The standard InChI is InChI=1S/C16H20ClNO/c1-3-7-18-16(9-13-6-8-19-11-13)14-5-4-12(2)15(17)10-14/h4-6,8,10-11,16,18H,3,7,9H2,1-2H3. The zero-order chi connectivity index (χ0) is 13.7. The van der Waals surface area contributed by atoms with Gasteiger partial charge < -0.3 is 9.73 Å². The lowest BCUT2D eigenvalue weighted by Crippen LogP contribution is -2.24. The fourth-order valence-electron chi connectivity index (χ4n) is 2.10. The third kappa shape index (κ3) is 3.85. The van der Waals surface area contributed by atoms with E-state index in [4.69, 9.17) is 16.0 Å². The molecule has 1 heterocycles. The predicted molar refractivity (Wildman–Crippen MR) is 79.6 cm³/mol. The summed E-state index contributed by atoms with van der Waals surface area (Å²) in [6, 6.07) is 8.57. The first kappa shape index (κ1) is 14.2. The van der Waals surface area contributed by atoms with Crippen LogP contribution in [0, 0.1) is 6.92 Å². The van der Waals surface area contributed by atoms with Crippen molar-refractivity contribution in [2.24, 2.45) is 0 Å². The number of hydrogen-bond acceptors (Lipinski definition) is 2. The van der Waals surface area contributed by atoms with Gasteiger partial charge in [0.25, 0.3) is 0 Å². The number of rotatable bonds is 6. The number of hydrogen-bond donors (Lipinski definition) is 1. The molecule has 2 nitrogen and oxygen atoms in total. The Morgan fingerprint density at radius 2 is 2.16 bits per heavy atom. The molecule has 1 aromatic heterocycles. The van der Waals surface area contributed by atoms with Crippen LogP contribution in [0.1, 0.15) is 36.1 Å². The summed E-state index contributed by atoms with van der Waals surface area (Å²) in [4.78, 5) is 0. The van der Waals surface area contributed by atoms with Gasteiger partial charge in [-0.3, -0.25) is 0 Å². The van der Waals surface area contributed by atoms with Crippen molar-refractivity contribution in [3.8, 4) is 0 Å². The van der Waals surface area contributed by atoms with E-state index in [0.29, 0.717) is 0 Å². The summed E-state index contributed by atoms with van der Waals surface area (Å²) in [5, 5.41) is 4.40. The molecule has 0 aliphatic carbocycles. The highest BCUT2D eigenvalue weighted by atomic mass is 35.5. The van der Waals surface area contributed by atoms with Gasteiger partial charge in [0.1, 0.15) is 0 Å². The minimum Gasteiger partial charge on any atom is -0.472 e. The molecule has 0 spiro atoms. The molecular formula is C16H20ClNO. The van der Waals surface area contributed by atoms with Gasteiger partial charge in [-0.1, -0.05) is 30.7 Å². The smallest absolute Gasteiger partial charge is 0.0935 e. The van der Waals surface area contributed by atoms with Crippen LogP contribution in [0.25, 0.3) is 0 Å². The first-order chi connectivity index (χ1) is 9.20. The van der Waals surface area contributed by atoms with Crippen molar-refractivity contribution in [1.29, 1.82) is 0 Å². The van der Waals surface area contributed by atoms with Gasteiger partial charge in [-0.05, 0) is 55.1 Å². The molecule has 0 aliphatic heterocycles. The Morgan fingerprint density at radius 1 is 1.32 bits per heavy atom. The van der Waals surface area contributed by atoms with Gasteiger partial charge in [0, 0.05) is 11.1 Å². The highest BCUT2D eigenvalue weighted by Crippen LogP contribution is 2.24. The van der Waals surface area contributed by atoms with Crippen molar-refractivity contribution in [3.63, 3.8) is 0 Å². The maximum Gasteiger partial charge on any atom is 0.0935 e. The number of nitrogens with one attached hydrogen (secondary N) is 1. The summed E-state index contributed by atoms with van der Waals surface area (Å²) in [6.45, 7) is 5.19. The van der Waals surface area contributed by atoms with Crippen LogP contribution in [-0.4, -0.2) is 6.54 Å². The first-order valence-corrected chi connectivity index (χ1v) is 7.09. The second-order valence-corrected chi connectivity index (χ2v) is 5.26. The van der Waals surface area contributed by atoms with Gasteiger partial charge in [-0.15, -0.1) is 0 Å². The molecule has 0 amide bonds. The maximum absolute atomic E-state index is 6.23. The Balaban J connectivity index is 2.18. The number of furan rings is 1. The first-order valence-electron chi connectivity index (χ1n) is 6.71. The van der Waals surface area contributed by atoms with Crippen LogP contribution in [0.5, 0.6) is 0 Å². The quantitative estimate of drug-likeness (QED) is 0.839. The molecule has 2 rings (SSSR count). The van der Waals surface area contributed by atoms with Crippen LogP contribution in [0.4, 0.5) is 0 Å². The molecule has 0 saturated heterocycles. The van der Waals surface area contributed by atoms with E-state index < -0.39 is 0 Å². The van der Waals surface area contributed by atoms with Crippen molar-refractivity contribution in [2.75, 3.05) is 6.54 Å². The monoisotopic (exact) mass is 277 g/mol. The minimum absolute atomic E-state index is 0.274. The van der Waals surface area contributed by atoms with Gasteiger partial charge in [0.15, 0.2) is 0 Å². The van der Waals surface area contributed by atoms with Crippen molar-refractivity contribution >= 4 is 11.6 Å². The van der Waals surface area contributed by atoms with Gasteiger partial charge >= 0.3 is 0 Å². The average molecular weight is 278 g/mol. The summed E-state index contributed by atoms with van der Waals surface area (Å²) >= 11 is 6.23. The van der Waals surface area contributed by atoms with E-state index in [9.17, 15) is 0 Å². The summed E-state index contributed by atoms with van der Waals surface area (Å²) in [5.74, 6) is 0. The zero-order valence-electron chi connectivity index (χ0n) is 11.4. The third-order valence-electron chi connectivity index (χ3n) is 3.26. The molecule has 0 aliphatic rings. The lowest BCUT2D eigenvalue weighted by Gasteiger charge is -2.19. The molecule has 1 unspecified atom stereocenters. The normalized spacial score (nSPS) is 12.6. The summed E-state index contributed by atoms with van der Waals surface area (Å²) in [6.07, 6.45) is 5.54. The molecule has 1 aromatic carbocycles. The molecule has 1 N–H and O–H groups in total. The number of benzene rings is 1. The average Bonchev–Trinajstić information content (AvgIpc) is 2.91. The van der Waals surface area contributed by atoms with Crippen LogP contribution in [-0.2, 0) is 6.42 Å². The van der Waals surface area contributed by atoms with Crippen molar-refractivity contribution in [3.05, 3.63) is 58.5 Å². The Hall–Kier alpha value is -1.25. The Kier molecular flexibility index (Phi) is 5.06. The van der Waals surface area contributed by atoms with Gasteiger partial charge in [0.05, 0.1) is 12.5 Å². The molecule has 1 atom stereocenters. The van der Waals surface area contributed by atoms with Crippen LogP contribution in [0.3, 0.4) is 0 Å². The van der Waals surface area contributed by atoms with Crippen LogP contribution in [0.2, 0.25) is 5.02 Å². The zero-order valence-corrected chi connectivity index (χ0v) is 12.2. The molecule has 102 valence electrons. The van der Waals surface area contributed by atoms with E-state index in [2.05, 4.69) is 30.4 Å². The van der Waals surface area contributed by atoms with Crippen LogP contribution in [0.15, 0.2) is 41.2 Å². The second kappa shape index (κ2) is 6.78. The van der Waals surface area contributed by atoms with E-state index >= 15 is 0 Å². The maximum atomic E-state index is 6.23. The van der Waals surface area contributed by atoms with Crippen molar-refractivity contribution in [1.82, 2.24) is 5.32 Å². The van der Waals surface area contributed by atoms with E-state index in [1.54, 1.807) is 12.5 Å².